The number of carbonyl (C=O) groups excluding carboxylic acids is 2. The number of amides is 2. The van der Waals surface area contributed by atoms with Gasteiger partial charge in [-0.2, -0.15) is 0 Å². The lowest BCUT2D eigenvalue weighted by molar-refractivity contribution is 0.0691. The van der Waals surface area contributed by atoms with Crippen molar-refractivity contribution in [1.82, 2.24) is 10.6 Å². The molecule has 0 radical (unpaired) electrons. The molecule has 7 nitrogen and oxygen atoms in total. The average molecular weight is 392 g/mol. The molecule has 0 aliphatic carbocycles. The van der Waals surface area contributed by atoms with Gasteiger partial charge in [0, 0.05) is 13.1 Å². The van der Waals surface area contributed by atoms with Crippen molar-refractivity contribution in [1.29, 1.82) is 0 Å². The molecule has 3 N–H and O–H groups in total. The van der Waals surface area contributed by atoms with Crippen LogP contribution in [0, 0.1) is 0 Å². The number of fused-ring (bicyclic) bond motifs is 1. The summed E-state index contributed by atoms with van der Waals surface area (Å²) < 4.78 is 5.15. The Balaban J connectivity index is 1.64. The Labute approximate surface area is 167 Å². The van der Waals surface area contributed by atoms with E-state index >= 15 is 0 Å². The molecule has 0 aliphatic rings. The van der Waals surface area contributed by atoms with Crippen molar-refractivity contribution < 1.29 is 24.2 Å². The number of ether oxygens (including phenoxy) is 1. The standard InChI is InChI=1S/C22H20N2O5/c1-29-19-9-5-4-8-16(19)20(25)23-10-11-24-21(26)17-12-14-6-2-3-7-15(14)13-18(17)22(27)28/h2-9,12-13H,10-11H2,1H3,(H,23,25)(H,24,26)(H,27,28). The molecule has 0 aromatic heterocycles. The fourth-order valence-corrected chi connectivity index (χ4v) is 2.98. The van der Waals surface area contributed by atoms with Crippen LogP contribution >= 0.6 is 0 Å². The first-order valence-corrected chi connectivity index (χ1v) is 8.96. The number of aromatic carboxylic acids is 1. The van der Waals surface area contributed by atoms with E-state index in [-0.39, 0.29) is 30.1 Å². The zero-order valence-corrected chi connectivity index (χ0v) is 15.8. The fraction of sp³-hybridized carbons (Fsp3) is 0.136. The maximum atomic E-state index is 12.5. The summed E-state index contributed by atoms with van der Waals surface area (Å²) in [5.41, 5.74) is 0.399. The van der Waals surface area contributed by atoms with E-state index in [2.05, 4.69) is 10.6 Å². The van der Waals surface area contributed by atoms with E-state index in [9.17, 15) is 19.5 Å². The molecule has 0 spiro atoms. The number of carboxylic acids is 1. The van der Waals surface area contributed by atoms with Crippen LogP contribution < -0.4 is 15.4 Å². The SMILES string of the molecule is COc1ccccc1C(=O)NCCNC(=O)c1cc2ccccc2cc1C(=O)O. The minimum Gasteiger partial charge on any atom is -0.496 e. The summed E-state index contributed by atoms with van der Waals surface area (Å²) in [6.07, 6.45) is 0. The quantitative estimate of drug-likeness (QED) is 0.536. The molecule has 0 unspecified atom stereocenters. The van der Waals surface area contributed by atoms with E-state index in [0.717, 1.165) is 10.8 Å². The summed E-state index contributed by atoms with van der Waals surface area (Å²) in [6.45, 7) is 0.324. The third-order valence-corrected chi connectivity index (χ3v) is 4.41. The molecule has 148 valence electrons. The molecule has 7 heteroatoms. The summed E-state index contributed by atoms with van der Waals surface area (Å²) in [5, 5.41) is 16.3. The Morgan fingerprint density at radius 3 is 1.90 bits per heavy atom. The number of rotatable bonds is 7. The fourth-order valence-electron chi connectivity index (χ4n) is 2.98. The first kappa shape index (κ1) is 19.9. The van der Waals surface area contributed by atoms with Crippen molar-refractivity contribution in [3.05, 3.63) is 77.4 Å². The topological polar surface area (TPSA) is 105 Å². The van der Waals surface area contributed by atoms with Gasteiger partial charge in [-0.25, -0.2) is 4.79 Å². The molecule has 0 fully saturated rings. The third kappa shape index (κ3) is 4.52. The van der Waals surface area contributed by atoms with Crippen LogP contribution in [0.5, 0.6) is 5.75 Å². The van der Waals surface area contributed by atoms with Gasteiger partial charge in [-0.1, -0.05) is 36.4 Å². The smallest absolute Gasteiger partial charge is 0.336 e. The van der Waals surface area contributed by atoms with Crippen molar-refractivity contribution in [3.8, 4) is 5.75 Å². The van der Waals surface area contributed by atoms with Crippen molar-refractivity contribution in [2.24, 2.45) is 0 Å². The largest absolute Gasteiger partial charge is 0.496 e. The zero-order chi connectivity index (χ0) is 20.8. The Bertz CT molecular complexity index is 1080. The Morgan fingerprint density at radius 1 is 0.793 bits per heavy atom. The van der Waals surface area contributed by atoms with E-state index in [1.54, 1.807) is 42.5 Å². The third-order valence-electron chi connectivity index (χ3n) is 4.41. The molecule has 29 heavy (non-hydrogen) atoms. The second-order valence-electron chi connectivity index (χ2n) is 6.26. The Kier molecular flexibility index (Phi) is 6.09. The van der Waals surface area contributed by atoms with Crippen LogP contribution in [0.25, 0.3) is 10.8 Å². The zero-order valence-electron chi connectivity index (χ0n) is 15.8. The minimum atomic E-state index is -1.18. The molecular formula is C22H20N2O5. The number of methoxy groups -OCH3 is 1. The van der Waals surface area contributed by atoms with Gasteiger partial charge in [0.05, 0.1) is 23.8 Å². The normalized spacial score (nSPS) is 10.4. The maximum Gasteiger partial charge on any atom is 0.336 e. The van der Waals surface area contributed by atoms with E-state index < -0.39 is 11.9 Å². The molecule has 3 aromatic rings. The maximum absolute atomic E-state index is 12.5. The van der Waals surface area contributed by atoms with Crippen LogP contribution in [-0.4, -0.2) is 43.1 Å². The van der Waals surface area contributed by atoms with Gasteiger partial charge in [0.2, 0.25) is 0 Å². The Hall–Kier alpha value is -3.87. The number of para-hydroxylation sites is 1. The van der Waals surface area contributed by atoms with Gasteiger partial charge in [0.15, 0.2) is 0 Å². The van der Waals surface area contributed by atoms with Gasteiger partial charge in [-0.05, 0) is 35.0 Å². The number of carboxylic acid groups (broad SMARTS) is 1. The summed E-state index contributed by atoms with van der Waals surface area (Å²) in [5.74, 6) is -1.56. The predicted octanol–water partition coefficient (Wildman–Crippen LogP) is 2.71. The van der Waals surface area contributed by atoms with Gasteiger partial charge in [0.25, 0.3) is 11.8 Å². The lowest BCUT2D eigenvalue weighted by atomic mass is 10.0. The molecule has 3 aromatic carbocycles. The van der Waals surface area contributed by atoms with Gasteiger partial charge in [0.1, 0.15) is 5.75 Å². The number of benzene rings is 3. The van der Waals surface area contributed by atoms with E-state index in [1.807, 2.05) is 12.1 Å². The first-order chi connectivity index (χ1) is 14.0. The number of carbonyl (C=O) groups is 3. The van der Waals surface area contributed by atoms with E-state index in [4.69, 9.17) is 4.74 Å². The van der Waals surface area contributed by atoms with Gasteiger partial charge in [-0.15, -0.1) is 0 Å². The van der Waals surface area contributed by atoms with Crippen LogP contribution in [0.1, 0.15) is 31.1 Å². The Morgan fingerprint density at radius 2 is 1.31 bits per heavy atom. The highest BCUT2D eigenvalue weighted by Gasteiger charge is 2.18. The molecule has 0 aliphatic heterocycles. The summed E-state index contributed by atoms with van der Waals surface area (Å²) >= 11 is 0. The average Bonchev–Trinajstić information content (AvgIpc) is 2.75. The van der Waals surface area contributed by atoms with E-state index in [1.165, 1.54) is 13.2 Å². The molecule has 3 rings (SSSR count). The lowest BCUT2D eigenvalue weighted by Gasteiger charge is -2.11. The molecule has 0 saturated heterocycles. The van der Waals surface area contributed by atoms with Crippen LogP contribution in [0.3, 0.4) is 0 Å². The summed E-state index contributed by atoms with van der Waals surface area (Å²) in [7, 11) is 1.48. The molecule has 0 heterocycles. The highest BCUT2D eigenvalue weighted by Crippen LogP contribution is 2.20. The van der Waals surface area contributed by atoms with Crippen molar-refractivity contribution in [2.75, 3.05) is 20.2 Å². The monoisotopic (exact) mass is 392 g/mol. The van der Waals surface area contributed by atoms with Crippen molar-refractivity contribution in [3.63, 3.8) is 0 Å². The lowest BCUT2D eigenvalue weighted by Crippen LogP contribution is -2.35. The molecular weight excluding hydrogens is 372 g/mol. The summed E-state index contributed by atoms with van der Waals surface area (Å²) in [6, 6.07) is 17.1. The number of hydrogen-bond donors (Lipinski definition) is 3. The predicted molar refractivity (Wildman–Crippen MR) is 109 cm³/mol. The van der Waals surface area contributed by atoms with Crippen LogP contribution in [0.4, 0.5) is 0 Å². The highest BCUT2D eigenvalue weighted by molar-refractivity contribution is 6.08. The van der Waals surface area contributed by atoms with Crippen molar-refractivity contribution >= 4 is 28.6 Å². The minimum absolute atomic E-state index is 0.0701. The number of hydrogen-bond acceptors (Lipinski definition) is 4. The molecule has 2 amide bonds. The number of nitrogens with one attached hydrogen (secondary N) is 2. The molecule has 0 saturated carbocycles. The van der Waals surface area contributed by atoms with Gasteiger partial charge >= 0.3 is 5.97 Å². The van der Waals surface area contributed by atoms with E-state index in [0.29, 0.717) is 11.3 Å². The van der Waals surface area contributed by atoms with Crippen LogP contribution in [0.2, 0.25) is 0 Å². The van der Waals surface area contributed by atoms with Gasteiger partial charge < -0.3 is 20.5 Å². The highest BCUT2D eigenvalue weighted by atomic mass is 16.5. The van der Waals surface area contributed by atoms with Crippen LogP contribution in [0.15, 0.2) is 60.7 Å². The molecule has 0 atom stereocenters. The molecule has 0 bridgehead atoms. The van der Waals surface area contributed by atoms with Gasteiger partial charge in [-0.3, -0.25) is 9.59 Å². The summed E-state index contributed by atoms with van der Waals surface area (Å²) in [4.78, 5) is 36.3. The first-order valence-electron chi connectivity index (χ1n) is 8.96. The second-order valence-corrected chi connectivity index (χ2v) is 6.26. The van der Waals surface area contributed by atoms with Crippen LogP contribution in [-0.2, 0) is 0 Å². The second kappa shape index (κ2) is 8.88. The van der Waals surface area contributed by atoms with Crippen molar-refractivity contribution in [2.45, 2.75) is 0 Å².